The maximum atomic E-state index is 12.4. The molecule has 0 atom stereocenters. The predicted octanol–water partition coefficient (Wildman–Crippen LogP) is 3.24. The van der Waals surface area contributed by atoms with Crippen LogP contribution in [0.25, 0.3) is 0 Å². The minimum Gasteiger partial charge on any atom is -0.492 e. The first kappa shape index (κ1) is 17.5. The van der Waals surface area contributed by atoms with E-state index in [4.69, 9.17) is 4.74 Å². The second kappa shape index (κ2) is 8.70. The first-order chi connectivity index (χ1) is 11.1. The van der Waals surface area contributed by atoms with Crippen molar-refractivity contribution in [3.8, 4) is 5.75 Å². The van der Waals surface area contributed by atoms with Gasteiger partial charge in [-0.2, -0.15) is 0 Å². The van der Waals surface area contributed by atoms with Crippen LogP contribution in [0.4, 0.5) is 13.6 Å². The third kappa shape index (κ3) is 5.37. The monoisotopic (exact) mass is 326 g/mol. The fourth-order valence-corrected chi connectivity index (χ4v) is 2.79. The molecule has 1 N–H and O–H groups in total. The normalized spacial score (nSPS) is 13.0. The van der Waals surface area contributed by atoms with Crippen molar-refractivity contribution in [1.29, 1.82) is 0 Å². The van der Waals surface area contributed by atoms with E-state index in [1.54, 1.807) is 0 Å². The molecule has 128 valence electrons. The maximum Gasteiger partial charge on any atom is 0.317 e. The SMILES string of the molecule is CCCN(CC(F)F)C(=O)NCCOc1ccc2c(c1)CCC2. The molecule has 0 bridgehead atoms. The zero-order valence-corrected chi connectivity index (χ0v) is 13.5. The summed E-state index contributed by atoms with van der Waals surface area (Å²) in [5.74, 6) is 0.790. The Bertz CT molecular complexity index is 523. The van der Waals surface area contributed by atoms with Crippen LogP contribution < -0.4 is 10.1 Å². The van der Waals surface area contributed by atoms with Gasteiger partial charge in [-0.3, -0.25) is 0 Å². The van der Waals surface area contributed by atoms with Crippen molar-refractivity contribution >= 4 is 6.03 Å². The molecule has 0 fully saturated rings. The highest BCUT2D eigenvalue weighted by molar-refractivity contribution is 5.74. The number of benzene rings is 1. The summed E-state index contributed by atoms with van der Waals surface area (Å²) in [6.07, 6.45) is 1.53. The van der Waals surface area contributed by atoms with Crippen molar-refractivity contribution in [3.63, 3.8) is 0 Å². The highest BCUT2D eigenvalue weighted by atomic mass is 19.3. The van der Waals surface area contributed by atoms with Gasteiger partial charge in [0.15, 0.2) is 0 Å². The molecular weight excluding hydrogens is 302 g/mol. The average molecular weight is 326 g/mol. The van der Waals surface area contributed by atoms with Crippen molar-refractivity contribution in [2.45, 2.75) is 39.0 Å². The lowest BCUT2D eigenvalue weighted by Gasteiger charge is -2.22. The van der Waals surface area contributed by atoms with Gasteiger partial charge in [-0.15, -0.1) is 0 Å². The zero-order valence-electron chi connectivity index (χ0n) is 13.5. The fourth-order valence-electron chi connectivity index (χ4n) is 2.79. The second-order valence-electron chi connectivity index (χ2n) is 5.70. The summed E-state index contributed by atoms with van der Waals surface area (Å²) in [4.78, 5) is 13.0. The minimum absolute atomic E-state index is 0.291. The number of hydrogen-bond acceptors (Lipinski definition) is 2. The van der Waals surface area contributed by atoms with Gasteiger partial charge in [0.05, 0.1) is 13.1 Å². The quantitative estimate of drug-likeness (QED) is 0.745. The van der Waals surface area contributed by atoms with Gasteiger partial charge in [0.25, 0.3) is 6.43 Å². The fraction of sp³-hybridized carbons (Fsp3) is 0.588. The number of aryl methyl sites for hydroxylation is 2. The van der Waals surface area contributed by atoms with Gasteiger partial charge in [0.2, 0.25) is 0 Å². The number of halogens is 2. The molecule has 0 saturated carbocycles. The summed E-state index contributed by atoms with van der Waals surface area (Å²) in [6.45, 7) is 2.24. The number of urea groups is 1. The maximum absolute atomic E-state index is 12.4. The summed E-state index contributed by atoms with van der Waals surface area (Å²) in [5, 5.41) is 2.62. The Labute approximate surface area is 135 Å². The summed E-state index contributed by atoms with van der Waals surface area (Å²) in [6, 6.07) is 5.60. The Morgan fingerprint density at radius 1 is 1.35 bits per heavy atom. The number of ether oxygens (including phenoxy) is 1. The Morgan fingerprint density at radius 2 is 2.13 bits per heavy atom. The second-order valence-corrected chi connectivity index (χ2v) is 5.70. The van der Waals surface area contributed by atoms with Crippen LogP contribution >= 0.6 is 0 Å². The van der Waals surface area contributed by atoms with E-state index < -0.39 is 19.0 Å². The molecule has 1 aliphatic rings. The number of carbonyl (C=O) groups is 1. The van der Waals surface area contributed by atoms with Crippen LogP contribution in [0.2, 0.25) is 0 Å². The highest BCUT2D eigenvalue weighted by Gasteiger charge is 2.17. The average Bonchev–Trinajstić information content (AvgIpc) is 2.98. The lowest BCUT2D eigenvalue weighted by molar-refractivity contribution is 0.0980. The smallest absolute Gasteiger partial charge is 0.317 e. The van der Waals surface area contributed by atoms with Crippen LogP contribution in [0.15, 0.2) is 18.2 Å². The number of carbonyl (C=O) groups excluding carboxylic acids is 1. The number of rotatable bonds is 8. The van der Waals surface area contributed by atoms with E-state index in [9.17, 15) is 13.6 Å². The Kier molecular flexibility index (Phi) is 6.62. The Morgan fingerprint density at radius 3 is 2.87 bits per heavy atom. The zero-order chi connectivity index (χ0) is 16.7. The molecule has 1 aromatic carbocycles. The standard InChI is InChI=1S/C17H24F2N2O2/c1-2-9-21(12-16(18)19)17(22)20-8-10-23-15-7-6-13-4-3-5-14(13)11-15/h6-7,11,16H,2-5,8-10,12H2,1H3,(H,20,22). The number of nitrogens with one attached hydrogen (secondary N) is 1. The first-order valence-electron chi connectivity index (χ1n) is 8.15. The number of hydrogen-bond donors (Lipinski definition) is 1. The molecule has 0 unspecified atom stereocenters. The van der Waals surface area contributed by atoms with Crippen molar-refractivity contribution in [3.05, 3.63) is 29.3 Å². The number of alkyl halides is 2. The highest BCUT2D eigenvalue weighted by Crippen LogP contribution is 2.25. The molecule has 1 aromatic rings. The molecule has 0 aliphatic heterocycles. The third-order valence-corrected chi connectivity index (χ3v) is 3.86. The van der Waals surface area contributed by atoms with Crippen molar-refractivity contribution in [1.82, 2.24) is 10.2 Å². The lowest BCUT2D eigenvalue weighted by Crippen LogP contribution is -2.44. The van der Waals surface area contributed by atoms with Crippen LogP contribution in [0.1, 0.15) is 30.9 Å². The van der Waals surface area contributed by atoms with Gasteiger partial charge in [0.1, 0.15) is 12.4 Å². The van der Waals surface area contributed by atoms with Crippen LogP contribution in [-0.4, -0.2) is 43.6 Å². The van der Waals surface area contributed by atoms with Crippen LogP contribution in [0, 0.1) is 0 Å². The molecule has 4 nitrogen and oxygen atoms in total. The van der Waals surface area contributed by atoms with Crippen LogP contribution in [0.3, 0.4) is 0 Å². The molecule has 0 aromatic heterocycles. The summed E-state index contributed by atoms with van der Waals surface area (Å²) < 4.78 is 30.5. The molecule has 2 rings (SSSR count). The van der Waals surface area contributed by atoms with E-state index in [2.05, 4.69) is 11.4 Å². The van der Waals surface area contributed by atoms with E-state index in [1.807, 2.05) is 19.1 Å². The van der Waals surface area contributed by atoms with Gasteiger partial charge in [-0.1, -0.05) is 13.0 Å². The third-order valence-electron chi connectivity index (χ3n) is 3.86. The molecule has 0 spiro atoms. The van der Waals surface area contributed by atoms with Crippen LogP contribution in [-0.2, 0) is 12.8 Å². The first-order valence-corrected chi connectivity index (χ1v) is 8.15. The number of fused-ring (bicyclic) bond motifs is 1. The predicted molar refractivity (Wildman–Crippen MR) is 85.2 cm³/mol. The van der Waals surface area contributed by atoms with Gasteiger partial charge in [0, 0.05) is 6.54 Å². The molecular formula is C17H24F2N2O2. The summed E-state index contributed by atoms with van der Waals surface area (Å²) >= 11 is 0. The molecule has 23 heavy (non-hydrogen) atoms. The lowest BCUT2D eigenvalue weighted by atomic mass is 10.1. The molecule has 0 saturated heterocycles. The van der Waals surface area contributed by atoms with Crippen molar-refractivity contribution in [2.75, 3.05) is 26.2 Å². The van der Waals surface area contributed by atoms with Crippen LogP contribution in [0.5, 0.6) is 5.75 Å². The van der Waals surface area contributed by atoms with E-state index in [0.717, 1.165) is 23.5 Å². The minimum atomic E-state index is -2.52. The van der Waals surface area contributed by atoms with Gasteiger partial charge < -0.3 is 15.0 Å². The summed E-state index contributed by atoms with van der Waals surface area (Å²) in [7, 11) is 0. The van der Waals surface area contributed by atoms with Crippen molar-refractivity contribution in [2.24, 2.45) is 0 Å². The molecule has 2 amide bonds. The van der Waals surface area contributed by atoms with Gasteiger partial charge in [-0.05, 0) is 48.9 Å². The molecule has 1 aliphatic carbocycles. The van der Waals surface area contributed by atoms with E-state index in [1.165, 1.54) is 17.5 Å². The number of nitrogens with zero attached hydrogens (tertiary/aromatic N) is 1. The molecule has 0 radical (unpaired) electrons. The van der Waals surface area contributed by atoms with E-state index in [0.29, 0.717) is 26.1 Å². The number of amides is 2. The van der Waals surface area contributed by atoms with E-state index >= 15 is 0 Å². The molecule has 0 heterocycles. The summed E-state index contributed by atoms with van der Waals surface area (Å²) in [5.41, 5.74) is 2.71. The Hall–Kier alpha value is -1.85. The van der Waals surface area contributed by atoms with Gasteiger partial charge in [-0.25, -0.2) is 13.6 Å². The van der Waals surface area contributed by atoms with Gasteiger partial charge >= 0.3 is 6.03 Å². The van der Waals surface area contributed by atoms with Crippen molar-refractivity contribution < 1.29 is 18.3 Å². The topological polar surface area (TPSA) is 41.6 Å². The Balaban J connectivity index is 1.72. The largest absolute Gasteiger partial charge is 0.492 e. The van der Waals surface area contributed by atoms with E-state index in [-0.39, 0.29) is 0 Å². The molecule has 6 heteroatoms.